The summed E-state index contributed by atoms with van der Waals surface area (Å²) in [5.74, 6) is -0.578. The highest BCUT2D eigenvalue weighted by Gasteiger charge is 2.18. The molecule has 0 aromatic heterocycles. The molecule has 1 aliphatic rings. The van der Waals surface area contributed by atoms with E-state index in [1.807, 2.05) is 18.2 Å². The zero-order valence-corrected chi connectivity index (χ0v) is 15.5. The molecule has 2 aromatic carbocycles. The third-order valence-corrected chi connectivity index (χ3v) is 4.61. The van der Waals surface area contributed by atoms with Crippen molar-refractivity contribution in [3.63, 3.8) is 0 Å². The van der Waals surface area contributed by atoms with Gasteiger partial charge in [-0.25, -0.2) is 0 Å². The van der Waals surface area contributed by atoms with Crippen molar-refractivity contribution in [3.8, 4) is 0 Å². The number of amides is 2. The van der Waals surface area contributed by atoms with Gasteiger partial charge in [-0.05, 0) is 42.7 Å². The molecule has 0 radical (unpaired) electrons. The highest BCUT2D eigenvalue weighted by Crippen LogP contribution is 2.18. The van der Waals surface area contributed by atoms with Crippen LogP contribution in [0.15, 0.2) is 54.6 Å². The number of halogens is 1. The molecule has 1 heterocycles. The number of nitrogens with one attached hydrogen (secondary N) is 2. The zero-order chi connectivity index (χ0) is 19.1. The second-order valence-corrected chi connectivity index (χ2v) is 6.64. The molecule has 1 atom stereocenters. The Balaban J connectivity index is 1.63. The number of benzene rings is 2. The number of rotatable bonds is 6. The third kappa shape index (κ3) is 5.42. The minimum Gasteiger partial charge on any atom is -0.376 e. The molecule has 3 rings (SSSR count). The summed E-state index contributed by atoms with van der Waals surface area (Å²) in [6, 6.07) is 14.1. The first-order chi connectivity index (χ1) is 13.1. The van der Waals surface area contributed by atoms with Crippen LogP contribution in [0, 0.1) is 0 Å². The summed E-state index contributed by atoms with van der Waals surface area (Å²) in [6.07, 6.45) is 5.06. The van der Waals surface area contributed by atoms with Crippen molar-refractivity contribution in [3.05, 3.63) is 70.8 Å². The minimum atomic E-state index is -0.339. The highest BCUT2D eigenvalue weighted by atomic mass is 35.5. The van der Waals surface area contributed by atoms with E-state index < -0.39 is 0 Å². The van der Waals surface area contributed by atoms with Crippen LogP contribution in [0.4, 0.5) is 5.69 Å². The van der Waals surface area contributed by atoms with Crippen LogP contribution in [-0.4, -0.2) is 31.1 Å². The summed E-state index contributed by atoms with van der Waals surface area (Å²) in [4.78, 5) is 24.7. The Kier molecular flexibility index (Phi) is 6.63. The molecule has 5 nitrogen and oxygen atoms in total. The molecule has 0 saturated carbocycles. The van der Waals surface area contributed by atoms with Crippen molar-refractivity contribution in [2.75, 3.05) is 18.5 Å². The summed E-state index contributed by atoms with van der Waals surface area (Å²) >= 11 is 6.08. The van der Waals surface area contributed by atoms with Crippen molar-refractivity contribution in [2.45, 2.75) is 18.9 Å². The first-order valence-electron chi connectivity index (χ1n) is 8.86. The van der Waals surface area contributed by atoms with Crippen LogP contribution in [-0.2, 0) is 9.53 Å². The fourth-order valence-electron chi connectivity index (χ4n) is 2.85. The van der Waals surface area contributed by atoms with E-state index in [0.29, 0.717) is 22.8 Å². The Morgan fingerprint density at radius 1 is 1.15 bits per heavy atom. The quantitative estimate of drug-likeness (QED) is 0.742. The van der Waals surface area contributed by atoms with Gasteiger partial charge < -0.3 is 15.4 Å². The van der Waals surface area contributed by atoms with Crippen molar-refractivity contribution >= 4 is 35.2 Å². The lowest BCUT2D eigenvalue weighted by Crippen LogP contribution is -2.32. The highest BCUT2D eigenvalue weighted by molar-refractivity contribution is 6.32. The molecule has 1 fully saturated rings. The predicted molar refractivity (Wildman–Crippen MR) is 107 cm³/mol. The van der Waals surface area contributed by atoms with E-state index in [1.165, 1.54) is 6.08 Å². The Labute approximate surface area is 163 Å². The van der Waals surface area contributed by atoms with E-state index in [0.717, 1.165) is 25.0 Å². The number of carbonyl (C=O) groups is 2. The monoisotopic (exact) mass is 384 g/mol. The molecule has 1 unspecified atom stereocenters. The van der Waals surface area contributed by atoms with Crippen LogP contribution in [0.5, 0.6) is 0 Å². The standard InChI is InChI=1S/C21H21ClN2O3/c22-18-9-3-1-6-15(18)11-12-20(25)24-19-10-4-2-8-17(19)21(26)23-14-16-7-5-13-27-16/h1-4,6,8-12,16H,5,7,13-14H2,(H,23,26)(H,24,25)/b12-11+. The molecule has 6 heteroatoms. The average Bonchev–Trinajstić information content (AvgIpc) is 3.19. The summed E-state index contributed by atoms with van der Waals surface area (Å²) in [5, 5.41) is 6.18. The molecule has 2 aromatic rings. The lowest BCUT2D eigenvalue weighted by atomic mass is 10.1. The Bertz CT molecular complexity index is 845. The molecule has 1 saturated heterocycles. The second kappa shape index (κ2) is 9.35. The van der Waals surface area contributed by atoms with Crippen molar-refractivity contribution in [1.82, 2.24) is 5.32 Å². The Morgan fingerprint density at radius 3 is 2.70 bits per heavy atom. The van der Waals surface area contributed by atoms with Gasteiger partial charge in [-0.3, -0.25) is 9.59 Å². The number of ether oxygens (including phenoxy) is 1. The summed E-state index contributed by atoms with van der Waals surface area (Å²) in [7, 11) is 0. The van der Waals surface area contributed by atoms with Gasteiger partial charge in [-0.1, -0.05) is 41.9 Å². The van der Waals surface area contributed by atoms with Gasteiger partial charge in [0.05, 0.1) is 17.4 Å². The van der Waals surface area contributed by atoms with Crippen LogP contribution in [0.25, 0.3) is 6.08 Å². The van der Waals surface area contributed by atoms with Crippen LogP contribution in [0.2, 0.25) is 5.02 Å². The molecule has 0 spiro atoms. The summed E-state index contributed by atoms with van der Waals surface area (Å²) < 4.78 is 5.51. The molecule has 0 aliphatic carbocycles. The SMILES string of the molecule is O=C(/C=C/c1ccccc1Cl)Nc1ccccc1C(=O)NCC1CCCO1. The molecule has 140 valence electrons. The lowest BCUT2D eigenvalue weighted by molar-refractivity contribution is -0.111. The van der Waals surface area contributed by atoms with E-state index in [1.54, 1.807) is 36.4 Å². The molecule has 1 aliphatic heterocycles. The fourth-order valence-corrected chi connectivity index (χ4v) is 3.05. The van der Waals surface area contributed by atoms with Gasteiger partial charge in [0.2, 0.25) is 5.91 Å². The van der Waals surface area contributed by atoms with Gasteiger partial charge >= 0.3 is 0 Å². The first-order valence-corrected chi connectivity index (χ1v) is 9.24. The topological polar surface area (TPSA) is 67.4 Å². The molecule has 2 amide bonds. The average molecular weight is 385 g/mol. The molecule has 0 bridgehead atoms. The molecule has 2 N–H and O–H groups in total. The van der Waals surface area contributed by atoms with Crippen LogP contribution < -0.4 is 10.6 Å². The van der Waals surface area contributed by atoms with Gasteiger partial charge in [-0.15, -0.1) is 0 Å². The largest absolute Gasteiger partial charge is 0.376 e. The van der Waals surface area contributed by atoms with E-state index in [4.69, 9.17) is 16.3 Å². The van der Waals surface area contributed by atoms with Crippen molar-refractivity contribution in [2.24, 2.45) is 0 Å². The van der Waals surface area contributed by atoms with Crippen molar-refractivity contribution < 1.29 is 14.3 Å². The van der Waals surface area contributed by atoms with Crippen LogP contribution in [0.3, 0.4) is 0 Å². The maximum absolute atomic E-state index is 12.5. The second-order valence-electron chi connectivity index (χ2n) is 6.23. The maximum Gasteiger partial charge on any atom is 0.253 e. The number of para-hydroxylation sites is 1. The van der Waals surface area contributed by atoms with E-state index in [-0.39, 0.29) is 17.9 Å². The smallest absolute Gasteiger partial charge is 0.253 e. The zero-order valence-electron chi connectivity index (χ0n) is 14.8. The van der Waals surface area contributed by atoms with E-state index in [2.05, 4.69) is 10.6 Å². The van der Waals surface area contributed by atoms with Crippen molar-refractivity contribution in [1.29, 1.82) is 0 Å². The van der Waals surface area contributed by atoms with Gasteiger partial charge in [0, 0.05) is 24.3 Å². The number of hydrogen-bond donors (Lipinski definition) is 2. The maximum atomic E-state index is 12.5. The van der Waals surface area contributed by atoms with Gasteiger partial charge in [0.15, 0.2) is 0 Å². The predicted octanol–water partition coefficient (Wildman–Crippen LogP) is 3.90. The van der Waals surface area contributed by atoms with E-state index >= 15 is 0 Å². The van der Waals surface area contributed by atoms with Gasteiger partial charge in [0.1, 0.15) is 0 Å². The first kappa shape index (κ1) is 19.1. The van der Waals surface area contributed by atoms with Crippen LogP contribution >= 0.6 is 11.6 Å². The number of hydrogen-bond acceptors (Lipinski definition) is 3. The normalized spacial score (nSPS) is 16.4. The van der Waals surface area contributed by atoms with E-state index in [9.17, 15) is 9.59 Å². The molecular weight excluding hydrogens is 364 g/mol. The third-order valence-electron chi connectivity index (χ3n) is 4.26. The molecular formula is C21H21ClN2O3. The number of carbonyl (C=O) groups excluding carboxylic acids is 2. The molecule has 27 heavy (non-hydrogen) atoms. The van der Waals surface area contributed by atoms with Crippen LogP contribution in [0.1, 0.15) is 28.8 Å². The fraction of sp³-hybridized carbons (Fsp3) is 0.238. The Hall–Kier alpha value is -2.63. The summed E-state index contributed by atoms with van der Waals surface area (Å²) in [5.41, 5.74) is 1.61. The lowest BCUT2D eigenvalue weighted by Gasteiger charge is -2.13. The number of anilines is 1. The van der Waals surface area contributed by atoms with Gasteiger partial charge in [-0.2, -0.15) is 0 Å². The summed E-state index contributed by atoms with van der Waals surface area (Å²) in [6.45, 7) is 1.21. The Morgan fingerprint density at radius 2 is 1.93 bits per heavy atom. The van der Waals surface area contributed by atoms with Gasteiger partial charge in [0.25, 0.3) is 5.91 Å². The minimum absolute atomic E-state index is 0.0641.